The van der Waals surface area contributed by atoms with Crippen LogP contribution in [0, 0.1) is 11.6 Å². The molecule has 1 N–H and O–H groups in total. The molecule has 18 heavy (non-hydrogen) atoms. The molecule has 0 aliphatic rings. The Hall–Kier alpha value is -1.96. The van der Waals surface area contributed by atoms with Gasteiger partial charge in [0.05, 0.1) is 5.56 Å². The molecule has 0 saturated heterocycles. The Morgan fingerprint density at radius 3 is 2.83 bits per heavy atom. The lowest BCUT2D eigenvalue weighted by Crippen LogP contribution is -1.97. The predicted octanol–water partition coefficient (Wildman–Crippen LogP) is 2.19. The SMILES string of the molecule is O=C(O)CSc1nnc(-c2ccc(F)cc2F)o1. The second-order valence-electron chi connectivity index (χ2n) is 3.18. The standard InChI is InChI=1S/C10H6F2N2O3S/c11-5-1-2-6(7(12)3-5)9-13-14-10(17-9)18-4-8(15)16/h1-3H,4H2,(H,15,16). The van der Waals surface area contributed by atoms with Crippen LogP contribution in [0.2, 0.25) is 0 Å². The minimum atomic E-state index is -1.03. The van der Waals surface area contributed by atoms with Crippen molar-refractivity contribution >= 4 is 17.7 Å². The number of aromatic nitrogens is 2. The minimum absolute atomic E-state index is 0.0103. The van der Waals surface area contributed by atoms with Gasteiger partial charge >= 0.3 is 5.97 Å². The lowest BCUT2D eigenvalue weighted by Gasteiger charge is -1.96. The highest BCUT2D eigenvalue weighted by atomic mass is 32.2. The van der Waals surface area contributed by atoms with Gasteiger partial charge in [-0.05, 0) is 12.1 Å². The van der Waals surface area contributed by atoms with Gasteiger partial charge in [-0.2, -0.15) is 0 Å². The third kappa shape index (κ3) is 2.83. The van der Waals surface area contributed by atoms with Crippen molar-refractivity contribution in [3.63, 3.8) is 0 Å². The molecular formula is C10H6F2N2O3S. The number of nitrogens with zero attached hydrogens (tertiary/aromatic N) is 2. The summed E-state index contributed by atoms with van der Waals surface area (Å²) in [5.74, 6) is -2.94. The van der Waals surface area contributed by atoms with Crippen molar-refractivity contribution in [2.45, 2.75) is 5.22 Å². The fourth-order valence-electron chi connectivity index (χ4n) is 1.16. The number of halogens is 2. The van der Waals surface area contributed by atoms with Gasteiger partial charge in [-0.15, -0.1) is 10.2 Å². The molecule has 0 atom stereocenters. The third-order valence-electron chi connectivity index (χ3n) is 1.89. The molecule has 1 heterocycles. The van der Waals surface area contributed by atoms with Crippen LogP contribution in [-0.4, -0.2) is 27.0 Å². The minimum Gasteiger partial charge on any atom is -0.481 e. The monoisotopic (exact) mass is 272 g/mol. The van der Waals surface area contributed by atoms with E-state index in [1.54, 1.807) is 0 Å². The average Bonchev–Trinajstić information content (AvgIpc) is 2.75. The number of carbonyl (C=O) groups is 1. The number of benzene rings is 1. The number of thioether (sulfide) groups is 1. The number of hydrogen-bond donors (Lipinski definition) is 1. The van der Waals surface area contributed by atoms with Crippen molar-refractivity contribution in [2.75, 3.05) is 5.75 Å². The third-order valence-corrected chi connectivity index (χ3v) is 2.69. The highest BCUT2D eigenvalue weighted by Crippen LogP contribution is 2.25. The Bertz CT molecular complexity index is 588. The highest BCUT2D eigenvalue weighted by molar-refractivity contribution is 7.99. The van der Waals surface area contributed by atoms with E-state index in [0.29, 0.717) is 6.07 Å². The van der Waals surface area contributed by atoms with Gasteiger partial charge in [0.15, 0.2) is 0 Å². The first-order valence-electron chi connectivity index (χ1n) is 4.70. The van der Waals surface area contributed by atoms with Gasteiger partial charge in [0.2, 0.25) is 0 Å². The van der Waals surface area contributed by atoms with E-state index in [4.69, 9.17) is 9.52 Å². The summed E-state index contributed by atoms with van der Waals surface area (Å²) in [5, 5.41) is 15.6. The Balaban J connectivity index is 2.21. The molecule has 5 nitrogen and oxygen atoms in total. The maximum atomic E-state index is 13.4. The molecule has 0 unspecified atom stereocenters. The van der Waals surface area contributed by atoms with E-state index in [0.717, 1.165) is 17.8 Å². The zero-order chi connectivity index (χ0) is 13.1. The van der Waals surface area contributed by atoms with E-state index in [-0.39, 0.29) is 22.4 Å². The second-order valence-corrected chi connectivity index (χ2v) is 4.11. The summed E-state index contributed by atoms with van der Waals surface area (Å²) in [6, 6.07) is 2.93. The molecule has 8 heteroatoms. The Morgan fingerprint density at radius 1 is 1.39 bits per heavy atom. The lowest BCUT2D eigenvalue weighted by molar-refractivity contribution is -0.133. The van der Waals surface area contributed by atoms with Crippen LogP contribution in [0.5, 0.6) is 0 Å². The first-order valence-corrected chi connectivity index (χ1v) is 5.68. The van der Waals surface area contributed by atoms with Crippen molar-refractivity contribution in [1.29, 1.82) is 0 Å². The molecule has 0 saturated carbocycles. The number of aliphatic carboxylic acids is 1. The summed E-state index contributed by atoms with van der Waals surface area (Å²) in [5.41, 5.74) is -0.0360. The summed E-state index contributed by atoms with van der Waals surface area (Å²) >= 11 is 0.817. The van der Waals surface area contributed by atoms with Gasteiger partial charge in [0, 0.05) is 6.07 Å². The second kappa shape index (κ2) is 5.13. The van der Waals surface area contributed by atoms with Crippen molar-refractivity contribution in [3.8, 4) is 11.5 Å². The van der Waals surface area contributed by atoms with Gasteiger partial charge in [0.25, 0.3) is 11.1 Å². The highest BCUT2D eigenvalue weighted by Gasteiger charge is 2.14. The molecule has 0 fully saturated rings. The quantitative estimate of drug-likeness (QED) is 0.860. The van der Waals surface area contributed by atoms with Gasteiger partial charge < -0.3 is 9.52 Å². The number of hydrogen-bond acceptors (Lipinski definition) is 5. The van der Waals surface area contributed by atoms with E-state index in [9.17, 15) is 13.6 Å². The maximum Gasteiger partial charge on any atom is 0.314 e. The maximum absolute atomic E-state index is 13.4. The largest absolute Gasteiger partial charge is 0.481 e. The van der Waals surface area contributed by atoms with Crippen LogP contribution in [0.1, 0.15) is 0 Å². The molecule has 0 radical (unpaired) electrons. The number of carboxylic acid groups (broad SMARTS) is 1. The topological polar surface area (TPSA) is 76.2 Å². The van der Waals surface area contributed by atoms with E-state index in [1.165, 1.54) is 6.07 Å². The summed E-state index contributed by atoms with van der Waals surface area (Å²) in [7, 11) is 0. The molecule has 0 bridgehead atoms. The van der Waals surface area contributed by atoms with Crippen molar-refractivity contribution in [2.24, 2.45) is 0 Å². The van der Waals surface area contributed by atoms with Crippen molar-refractivity contribution in [3.05, 3.63) is 29.8 Å². The van der Waals surface area contributed by atoms with Crippen LogP contribution in [0.4, 0.5) is 8.78 Å². The average molecular weight is 272 g/mol. The first-order chi connectivity index (χ1) is 8.56. The molecule has 2 rings (SSSR count). The molecule has 0 amide bonds. The zero-order valence-electron chi connectivity index (χ0n) is 8.76. The molecule has 2 aromatic rings. The summed E-state index contributed by atoms with van der Waals surface area (Å²) < 4.78 is 31.1. The molecule has 1 aromatic heterocycles. The van der Waals surface area contributed by atoms with Crippen LogP contribution >= 0.6 is 11.8 Å². The zero-order valence-corrected chi connectivity index (χ0v) is 9.58. The normalized spacial score (nSPS) is 10.6. The first kappa shape index (κ1) is 12.5. The van der Waals surface area contributed by atoms with E-state index >= 15 is 0 Å². The number of rotatable bonds is 4. The van der Waals surface area contributed by atoms with Crippen LogP contribution in [0.3, 0.4) is 0 Å². The molecule has 0 aliphatic carbocycles. The molecule has 0 aliphatic heterocycles. The molecule has 0 spiro atoms. The van der Waals surface area contributed by atoms with E-state index in [2.05, 4.69) is 10.2 Å². The van der Waals surface area contributed by atoms with E-state index in [1.807, 2.05) is 0 Å². The van der Waals surface area contributed by atoms with E-state index < -0.39 is 17.6 Å². The fraction of sp³-hybridized carbons (Fsp3) is 0.100. The predicted molar refractivity (Wildman–Crippen MR) is 58.0 cm³/mol. The van der Waals surface area contributed by atoms with Crippen LogP contribution in [-0.2, 0) is 4.79 Å². The van der Waals surface area contributed by atoms with Crippen molar-refractivity contribution in [1.82, 2.24) is 10.2 Å². The molecular weight excluding hydrogens is 266 g/mol. The Labute approximate surface area is 104 Å². The van der Waals surface area contributed by atoms with Gasteiger partial charge in [-0.1, -0.05) is 11.8 Å². The lowest BCUT2D eigenvalue weighted by atomic mass is 10.2. The van der Waals surface area contributed by atoms with Crippen LogP contribution in [0.25, 0.3) is 11.5 Å². The fourth-order valence-corrected chi connectivity index (χ4v) is 1.65. The van der Waals surface area contributed by atoms with Gasteiger partial charge in [-0.25, -0.2) is 8.78 Å². The summed E-state index contributed by atoms with van der Waals surface area (Å²) in [6.45, 7) is 0. The molecule has 1 aromatic carbocycles. The molecule has 94 valence electrons. The number of carboxylic acids is 1. The van der Waals surface area contributed by atoms with Gasteiger partial charge in [-0.3, -0.25) is 4.79 Å². The Morgan fingerprint density at radius 2 is 2.17 bits per heavy atom. The van der Waals surface area contributed by atoms with Crippen LogP contribution in [0.15, 0.2) is 27.8 Å². The van der Waals surface area contributed by atoms with Crippen LogP contribution < -0.4 is 0 Å². The summed E-state index contributed by atoms with van der Waals surface area (Å²) in [6.07, 6.45) is 0. The summed E-state index contributed by atoms with van der Waals surface area (Å²) in [4.78, 5) is 10.3. The van der Waals surface area contributed by atoms with Crippen molar-refractivity contribution < 1.29 is 23.1 Å². The Kier molecular flexibility index (Phi) is 3.56. The van der Waals surface area contributed by atoms with Gasteiger partial charge in [0.1, 0.15) is 17.4 Å². The smallest absolute Gasteiger partial charge is 0.314 e.